The Labute approximate surface area is 111 Å². The maximum atomic E-state index is 13.0. The summed E-state index contributed by atoms with van der Waals surface area (Å²) < 4.78 is 15.3. The van der Waals surface area contributed by atoms with E-state index >= 15 is 0 Å². The average molecular weight is 257 g/mol. The molecule has 19 heavy (non-hydrogen) atoms. The van der Waals surface area contributed by atoms with E-state index in [1.807, 2.05) is 18.3 Å². The molecule has 4 heteroatoms. The molecule has 2 aliphatic rings. The van der Waals surface area contributed by atoms with Crippen molar-refractivity contribution >= 4 is 0 Å². The number of hydrogen-bond acceptors (Lipinski definition) is 2. The summed E-state index contributed by atoms with van der Waals surface area (Å²) in [5.74, 6) is 0.976. The van der Waals surface area contributed by atoms with Crippen LogP contribution in [0, 0.1) is 11.2 Å². The molecule has 98 valence electrons. The first-order valence-corrected chi connectivity index (χ1v) is 6.77. The number of imidazole rings is 1. The summed E-state index contributed by atoms with van der Waals surface area (Å²) in [6, 6.07) is 6.68. The lowest BCUT2D eigenvalue weighted by Gasteiger charge is -2.20. The van der Waals surface area contributed by atoms with Gasteiger partial charge < -0.3 is 9.88 Å². The quantitative estimate of drug-likeness (QED) is 0.849. The maximum absolute atomic E-state index is 13.0. The maximum Gasteiger partial charge on any atom is 0.123 e. The molecule has 1 atom stereocenters. The van der Waals surface area contributed by atoms with Gasteiger partial charge >= 0.3 is 0 Å². The normalized spacial score (nSPS) is 25.1. The van der Waals surface area contributed by atoms with E-state index in [1.54, 1.807) is 0 Å². The zero-order valence-electron chi connectivity index (χ0n) is 10.7. The number of aromatic nitrogens is 2. The predicted octanol–water partition coefficient (Wildman–Crippen LogP) is 2.22. The molecule has 2 aromatic rings. The minimum Gasteiger partial charge on any atom is -0.327 e. The molecule has 1 spiro atoms. The van der Waals surface area contributed by atoms with Crippen LogP contribution in [0.5, 0.6) is 0 Å². The smallest absolute Gasteiger partial charge is 0.123 e. The standard InChI is InChI=1S/C15H16FN3/c16-12-3-1-11(2-4-12)13-8-18-14-7-15(10-19(13)14)5-6-17-9-15/h1-4,8,17H,5-7,9-10H2. The number of fused-ring (bicyclic) bond motifs is 1. The van der Waals surface area contributed by atoms with Crippen molar-refractivity contribution in [2.45, 2.75) is 19.4 Å². The fraction of sp³-hybridized carbons (Fsp3) is 0.400. The summed E-state index contributed by atoms with van der Waals surface area (Å²) in [4.78, 5) is 4.56. The van der Waals surface area contributed by atoms with E-state index in [0.29, 0.717) is 5.41 Å². The Bertz CT molecular complexity index is 609. The van der Waals surface area contributed by atoms with Crippen molar-refractivity contribution < 1.29 is 4.39 Å². The second-order valence-corrected chi connectivity index (χ2v) is 5.76. The van der Waals surface area contributed by atoms with Gasteiger partial charge in [-0.05, 0) is 42.8 Å². The summed E-state index contributed by atoms with van der Waals surface area (Å²) in [6.07, 6.45) is 4.19. The second kappa shape index (κ2) is 3.90. The monoisotopic (exact) mass is 257 g/mol. The molecule has 1 N–H and O–H groups in total. The number of halogens is 1. The van der Waals surface area contributed by atoms with E-state index in [4.69, 9.17) is 0 Å². The molecule has 1 aromatic carbocycles. The molecule has 3 nitrogen and oxygen atoms in total. The Morgan fingerprint density at radius 1 is 1.26 bits per heavy atom. The van der Waals surface area contributed by atoms with Gasteiger partial charge in [0.05, 0.1) is 11.9 Å². The van der Waals surface area contributed by atoms with Crippen molar-refractivity contribution in [1.82, 2.24) is 14.9 Å². The zero-order chi connectivity index (χ0) is 12.9. The molecule has 1 aromatic heterocycles. The molecule has 3 heterocycles. The molecule has 0 radical (unpaired) electrons. The van der Waals surface area contributed by atoms with Crippen molar-refractivity contribution in [3.05, 3.63) is 42.1 Å². The van der Waals surface area contributed by atoms with Crippen LogP contribution in [0.3, 0.4) is 0 Å². The van der Waals surface area contributed by atoms with Crippen LogP contribution in [-0.4, -0.2) is 22.6 Å². The Balaban J connectivity index is 1.72. The highest BCUT2D eigenvalue weighted by molar-refractivity contribution is 5.59. The van der Waals surface area contributed by atoms with Crippen LogP contribution in [-0.2, 0) is 13.0 Å². The lowest BCUT2D eigenvalue weighted by atomic mass is 9.86. The molecule has 1 unspecified atom stereocenters. The number of benzene rings is 1. The lowest BCUT2D eigenvalue weighted by molar-refractivity contribution is 0.317. The number of nitrogens with zero attached hydrogens (tertiary/aromatic N) is 2. The first-order chi connectivity index (χ1) is 9.26. The summed E-state index contributed by atoms with van der Waals surface area (Å²) in [6.45, 7) is 3.22. The van der Waals surface area contributed by atoms with Gasteiger partial charge in [0.2, 0.25) is 0 Å². The minimum atomic E-state index is -0.193. The van der Waals surface area contributed by atoms with Crippen LogP contribution in [0.15, 0.2) is 30.5 Å². The highest BCUT2D eigenvalue weighted by Gasteiger charge is 2.41. The lowest BCUT2D eigenvalue weighted by Crippen LogP contribution is -2.25. The molecule has 0 aliphatic carbocycles. The minimum absolute atomic E-state index is 0.193. The van der Waals surface area contributed by atoms with Crippen LogP contribution >= 0.6 is 0 Å². The highest BCUT2D eigenvalue weighted by atomic mass is 19.1. The van der Waals surface area contributed by atoms with Crippen LogP contribution < -0.4 is 5.32 Å². The number of hydrogen-bond donors (Lipinski definition) is 1. The summed E-state index contributed by atoms with van der Waals surface area (Å²) >= 11 is 0. The fourth-order valence-electron chi connectivity index (χ4n) is 3.39. The molecule has 2 aliphatic heterocycles. The van der Waals surface area contributed by atoms with Gasteiger partial charge in [-0.2, -0.15) is 0 Å². The third-order valence-corrected chi connectivity index (χ3v) is 4.44. The van der Waals surface area contributed by atoms with E-state index < -0.39 is 0 Å². The predicted molar refractivity (Wildman–Crippen MR) is 71.2 cm³/mol. The largest absolute Gasteiger partial charge is 0.327 e. The van der Waals surface area contributed by atoms with E-state index in [-0.39, 0.29) is 5.82 Å². The van der Waals surface area contributed by atoms with Gasteiger partial charge in [0.15, 0.2) is 0 Å². The van der Waals surface area contributed by atoms with Gasteiger partial charge in [0, 0.05) is 24.9 Å². The van der Waals surface area contributed by atoms with Gasteiger partial charge in [0.25, 0.3) is 0 Å². The first kappa shape index (κ1) is 11.2. The summed E-state index contributed by atoms with van der Waals surface area (Å²) in [5.41, 5.74) is 2.51. The van der Waals surface area contributed by atoms with Gasteiger partial charge in [-0.3, -0.25) is 0 Å². The molecule has 0 saturated carbocycles. The number of rotatable bonds is 1. The highest BCUT2D eigenvalue weighted by Crippen LogP contribution is 2.39. The topological polar surface area (TPSA) is 29.9 Å². The fourth-order valence-corrected chi connectivity index (χ4v) is 3.39. The molecule has 0 amide bonds. The molecule has 1 fully saturated rings. The van der Waals surface area contributed by atoms with Crippen LogP contribution in [0.4, 0.5) is 4.39 Å². The Morgan fingerprint density at radius 3 is 2.84 bits per heavy atom. The van der Waals surface area contributed by atoms with Crippen molar-refractivity contribution in [2.75, 3.05) is 13.1 Å². The average Bonchev–Trinajstić information content (AvgIpc) is 3.08. The first-order valence-electron chi connectivity index (χ1n) is 6.77. The van der Waals surface area contributed by atoms with Crippen molar-refractivity contribution in [2.24, 2.45) is 5.41 Å². The SMILES string of the molecule is Fc1ccc(-c2cnc3n2CC2(CCNC2)C3)cc1. The summed E-state index contributed by atoms with van der Waals surface area (Å²) in [5, 5.41) is 3.46. The van der Waals surface area contributed by atoms with E-state index in [0.717, 1.165) is 37.3 Å². The van der Waals surface area contributed by atoms with E-state index in [1.165, 1.54) is 24.4 Å². The van der Waals surface area contributed by atoms with E-state index in [9.17, 15) is 4.39 Å². The second-order valence-electron chi connectivity index (χ2n) is 5.76. The van der Waals surface area contributed by atoms with Crippen LogP contribution in [0.2, 0.25) is 0 Å². The third-order valence-electron chi connectivity index (χ3n) is 4.44. The van der Waals surface area contributed by atoms with Gasteiger partial charge in [-0.15, -0.1) is 0 Å². The molecule has 1 saturated heterocycles. The van der Waals surface area contributed by atoms with Crippen LogP contribution in [0.1, 0.15) is 12.2 Å². The van der Waals surface area contributed by atoms with Gasteiger partial charge in [-0.1, -0.05) is 0 Å². The van der Waals surface area contributed by atoms with Crippen LogP contribution in [0.25, 0.3) is 11.3 Å². The zero-order valence-corrected chi connectivity index (χ0v) is 10.7. The third kappa shape index (κ3) is 1.70. The van der Waals surface area contributed by atoms with Crippen molar-refractivity contribution in [3.8, 4) is 11.3 Å². The van der Waals surface area contributed by atoms with E-state index in [2.05, 4.69) is 14.9 Å². The van der Waals surface area contributed by atoms with Gasteiger partial charge in [-0.25, -0.2) is 9.37 Å². The Morgan fingerprint density at radius 2 is 2.11 bits per heavy atom. The van der Waals surface area contributed by atoms with Crippen molar-refractivity contribution in [1.29, 1.82) is 0 Å². The Hall–Kier alpha value is -1.68. The molecule has 4 rings (SSSR count). The summed E-state index contributed by atoms with van der Waals surface area (Å²) in [7, 11) is 0. The Kier molecular flexibility index (Phi) is 2.30. The number of nitrogens with one attached hydrogen (secondary N) is 1. The molecule has 0 bridgehead atoms. The molecular weight excluding hydrogens is 241 g/mol. The molecular formula is C15H16FN3. The van der Waals surface area contributed by atoms with Crippen molar-refractivity contribution in [3.63, 3.8) is 0 Å². The van der Waals surface area contributed by atoms with Gasteiger partial charge in [0.1, 0.15) is 11.6 Å².